The van der Waals surface area contributed by atoms with Gasteiger partial charge in [0.2, 0.25) is 17.8 Å². The molecule has 0 aliphatic heterocycles. The number of hydrogen-bond donors (Lipinski definition) is 0. The topological polar surface area (TPSA) is 184 Å². The maximum atomic E-state index is 6.46. The molecular weight excluding hydrogens is 1570 g/mol. The van der Waals surface area contributed by atoms with Crippen molar-refractivity contribution in [2.75, 3.05) is 0 Å². The summed E-state index contributed by atoms with van der Waals surface area (Å²) in [6, 6.07) is 126. The predicted molar refractivity (Wildman–Crippen MR) is 510 cm³/mol. The average molecular weight is 1630 g/mol. The van der Waals surface area contributed by atoms with E-state index in [0.717, 1.165) is 209 Å². The molecule has 0 radical (unpaired) electrons. The van der Waals surface area contributed by atoms with Crippen molar-refractivity contribution >= 4 is 208 Å². The van der Waals surface area contributed by atoms with Gasteiger partial charge < -0.3 is 26.5 Å². The first-order valence-electron chi connectivity index (χ1n) is 42.1. The fraction of sp³-hybridized carbons (Fsp3) is 0. The van der Waals surface area contributed by atoms with Gasteiger partial charge in [0.15, 0.2) is 33.5 Å². The largest absolute Gasteiger partial charge is 0.450 e. The van der Waals surface area contributed by atoms with E-state index in [0.29, 0.717) is 51.3 Å². The van der Waals surface area contributed by atoms with Crippen LogP contribution in [0.5, 0.6) is 0 Å². The molecule has 0 N–H and O–H groups in total. The summed E-state index contributed by atoms with van der Waals surface area (Å²) in [6.07, 6.45) is 1.79. The molecule has 16 heteroatoms. The van der Waals surface area contributed by atoms with E-state index in [1.165, 1.54) is 10.8 Å². The zero-order valence-electron chi connectivity index (χ0n) is 67.2. The summed E-state index contributed by atoms with van der Waals surface area (Å²) >= 11 is 0. The number of pyridine rings is 1. The maximum Gasteiger partial charge on any atom is 0.236 e. The van der Waals surface area contributed by atoms with E-state index >= 15 is 0 Å². The summed E-state index contributed by atoms with van der Waals surface area (Å²) < 4.78 is 45.0. The highest BCUT2D eigenvalue weighted by molar-refractivity contribution is 6.25. The number of para-hydroxylation sites is 6. The Balaban J connectivity index is 0.0000000990. The summed E-state index contributed by atoms with van der Waals surface area (Å²) in [4.78, 5) is 36.6. The summed E-state index contributed by atoms with van der Waals surface area (Å²) in [5.41, 5.74) is 24.6. The Morgan fingerprint density at radius 1 is 0.181 bits per heavy atom. The van der Waals surface area contributed by atoms with E-state index in [9.17, 15) is 0 Å². The number of benzene rings is 16. The van der Waals surface area contributed by atoms with E-state index < -0.39 is 0 Å². The van der Waals surface area contributed by atoms with Crippen molar-refractivity contribution in [1.29, 1.82) is 0 Å². The number of hydrogen-bond acceptors (Lipinski definition) is 13. The van der Waals surface area contributed by atoms with Gasteiger partial charge in [0.25, 0.3) is 0 Å². The molecule has 592 valence electrons. The van der Waals surface area contributed by atoms with Crippen LogP contribution < -0.4 is 0 Å². The Morgan fingerprint density at radius 2 is 0.472 bits per heavy atom. The maximum absolute atomic E-state index is 6.46. The summed E-state index contributed by atoms with van der Waals surface area (Å²) in [5, 5.41) is 17.8. The van der Waals surface area contributed by atoms with Crippen molar-refractivity contribution in [2.24, 2.45) is 0 Å². The van der Waals surface area contributed by atoms with Gasteiger partial charge in [-0.2, -0.15) is 0 Å². The molecule has 0 saturated carbocycles. The average Bonchev–Trinajstić information content (AvgIpc) is 1.55. The monoisotopic (exact) mass is 1630 g/mol. The first-order chi connectivity index (χ1) is 63.0. The fourth-order valence-corrected chi connectivity index (χ4v) is 19.2. The smallest absolute Gasteiger partial charge is 0.236 e. The molecule has 0 aliphatic rings. The summed E-state index contributed by atoms with van der Waals surface area (Å²) in [6.45, 7) is 0. The van der Waals surface area contributed by atoms with Gasteiger partial charge in [0.05, 0.1) is 33.6 Å². The fourth-order valence-electron chi connectivity index (χ4n) is 19.2. The van der Waals surface area contributed by atoms with Crippen LogP contribution in [0, 0.1) is 0 Å². The van der Waals surface area contributed by atoms with E-state index in [1.807, 2.05) is 146 Å². The molecule has 0 aliphatic carbocycles. The molecule has 0 saturated heterocycles. The quantitative estimate of drug-likeness (QED) is 0.137. The van der Waals surface area contributed by atoms with Crippen LogP contribution in [-0.2, 0) is 0 Å². The standard InChI is InChI=1S/C40H23N3O2.C38H21N3O2.C33H18N4O2/c1-2-11-24(12-3-1)26-14-10-15-27(23-26)34-31-22-21-25-13-4-5-16-28(25)35(31)42-40(41-34)43-36-29-17-6-8-19-32(29)44-38(36)39-37(43)30-18-7-9-20-33(30)45-39;1-2-11-24-21-25(18-17-22(24)9-1)32-29-20-19-23-10-3-4-12-26(23)33(29)40-38(39-32)41-34-27-13-5-7-15-30(27)42-36(34)37-35(41)28-14-6-8-16-31(28)43-37;1-2-10-20-19(9-1)16-17-23-27(20)35-33(36-28(23)24-13-7-8-18-34-24)37-29-21-11-3-5-14-25(21)38-31(29)32-30(37)22-12-4-6-15-26(22)39-32/h1-23H;1-21H;1-18H. The van der Waals surface area contributed by atoms with Crippen LogP contribution in [-0.4, -0.2) is 48.6 Å². The highest BCUT2D eigenvalue weighted by Gasteiger charge is 2.32. The summed E-state index contributed by atoms with van der Waals surface area (Å²) in [7, 11) is 0. The van der Waals surface area contributed by atoms with Crippen LogP contribution in [0.1, 0.15) is 0 Å². The second-order valence-electron chi connectivity index (χ2n) is 32.1. The molecule has 127 heavy (non-hydrogen) atoms. The molecule has 0 bridgehead atoms. The van der Waals surface area contributed by atoms with E-state index in [2.05, 4.69) is 243 Å². The zero-order valence-corrected chi connectivity index (χ0v) is 67.2. The Labute approximate surface area is 717 Å². The van der Waals surface area contributed by atoms with Gasteiger partial charge in [-0.1, -0.05) is 255 Å². The van der Waals surface area contributed by atoms with Gasteiger partial charge in [-0.15, -0.1) is 0 Å². The number of rotatable bonds is 7. The minimum Gasteiger partial charge on any atom is -0.450 e. The molecule has 0 unspecified atom stereocenters. The Morgan fingerprint density at radius 3 is 0.850 bits per heavy atom. The third kappa shape index (κ3) is 10.7. The third-order valence-corrected chi connectivity index (χ3v) is 24.9. The van der Waals surface area contributed by atoms with Crippen LogP contribution in [0.4, 0.5) is 0 Å². The van der Waals surface area contributed by atoms with Gasteiger partial charge in [0, 0.05) is 82.0 Å². The van der Waals surface area contributed by atoms with Gasteiger partial charge in [-0.05, 0) is 153 Å². The molecule has 0 amide bonds. The first kappa shape index (κ1) is 70.1. The second kappa shape index (κ2) is 27.4. The van der Waals surface area contributed by atoms with Crippen molar-refractivity contribution in [3.63, 3.8) is 0 Å². The molecule has 29 aromatic rings. The van der Waals surface area contributed by atoms with Crippen molar-refractivity contribution in [3.8, 4) is 62.9 Å². The van der Waals surface area contributed by atoms with Crippen molar-refractivity contribution in [2.45, 2.75) is 0 Å². The highest BCUT2D eigenvalue weighted by atomic mass is 16.4. The highest BCUT2D eigenvalue weighted by Crippen LogP contribution is 2.49. The molecular formula is C111H62N10O6. The third-order valence-electron chi connectivity index (χ3n) is 24.9. The normalized spacial score (nSPS) is 12.1. The van der Waals surface area contributed by atoms with Crippen LogP contribution >= 0.6 is 0 Å². The van der Waals surface area contributed by atoms with Crippen molar-refractivity contribution in [3.05, 3.63) is 376 Å². The zero-order chi connectivity index (χ0) is 83.1. The number of furan rings is 6. The minimum atomic E-state index is 0.539. The van der Waals surface area contributed by atoms with Crippen molar-refractivity contribution < 1.29 is 26.5 Å². The Hall–Kier alpha value is -17.6. The lowest BCUT2D eigenvalue weighted by atomic mass is 9.98. The van der Waals surface area contributed by atoms with Crippen LogP contribution in [0.2, 0.25) is 0 Å². The SMILES string of the molecule is c1ccc(-c2cccc(-c3nc(-n4c5c6ccccc6oc5c5oc6ccccc6c54)nc4c3ccc3ccccc34)c2)cc1.c1ccc(-c2nc(-n3c4c5ccccc5oc4c4oc5ccccc5c43)nc3c2ccc2ccccc23)nc1.c1ccc2cc(-c3nc(-n4c5c6ccccc6oc5c5oc6ccccc6c54)nc4c3ccc3ccccc34)ccc2c1. The lowest BCUT2D eigenvalue weighted by molar-refractivity contribution is 0.634. The molecule has 16 nitrogen and oxygen atoms in total. The van der Waals surface area contributed by atoms with Crippen molar-refractivity contribution in [1.82, 2.24) is 48.6 Å². The molecule has 13 aromatic heterocycles. The number of nitrogens with zero attached hydrogens (tertiary/aromatic N) is 10. The Bertz CT molecular complexity index is 9400. The second-order valence-corrected chi connectivity index (χ2v) is 32.1. The lowest BCUT2D eigenvalue weighted by Gasteiger charge is -2.13. The van der Waals surface area contributed by atoms with Gasteiger partial charge in [0.1, 0.15) is 72.3 Å². The molecule has 13 heterocycles. The van der Waals surface area contributed by atoms with Crippen LogP contribution in [0.3, 0.4) is 0 Å². The van der Waals surface area contributed by atoms with Crippen LogP contribution in [0.25, 0.3) is 271 Å². The van der Waals surface area contributed by atoms with Gasteiger partial charge in [-0.25, -0.2) is 29.9 Å². The lowest BCUT2D eigenvalue weighted by Crippen LogP contribution is -2.04. The first-order valence-corrected chi connectivity index (χ1v) is 42.1. The predicted octanol–water partition coefficient (Wildman–Crippen LogP) is 29.3. The van der Waals surface area contributed by atoms with E-state index in [1.54, 1.807) is 6.20 Å². The van der Waals surface area contributed by atoms with E-state index in [-0.39, 0.29) is 0 Å². The number of fused-ring (bicyclic) bond motifs is 31. The molecule has 0 atom stereocenters. The molecule has 0 spiro atoms. The van der Waals surface area contributed by atoms with Gasteiger partial charge in [-0.3, -0.25) is 18.7 Å². The minimum absolute atomic E-state index is 0.539. The molecule has 16 aromatic carbocycles. The summed E-state index contributed by atoms with van der Waals surface area (Å²) in [5.74, 6) is 1.68. The molecule has 0 fully saturated rings. The van der Waals surface area contributed by atoms with E-state index in [4.69, 9.17) is 56.4 Å². The van der Waals surface area contributed by atoms with Gasteiger partial charge >= 0.3 is 0 Å². The molecule has 29 rings (SSSR count). The van der Waals surface area contributed by atoms with Crippen LogP contribution in [0.15, 0.2) is 403 Å². The number of aromatic nitrogens is 10. The Kier molecular flexibility index (Phi) is 15.1.